The molecule has 0 aliphatic carbocycles. The molecule has 1 aromatic rings. The smallest absolute Gasteiger partial charge is 0.334 e. The number of carbonyl (C=O) groups excluding carboxylic acids is 1. The molecule has 24 heavy (non-hydrogen) atoms. The Balaban J connectivity index is 1.98. The summed E-state index contributed by atoms with van der Waals surface area (Å²) < 4.78 is 5.36. The molecule has 132 valence electrons. The van der Waals surface area contributed by atoms with Gasteiger partial charge in [0.05, 0.1) is 12.6 Å². The lowest BCUT2D eigenvalue weighted by Crippen LogP contribution is -2.51. The predicted molar refractivity (Wildman–Crippen MR) is 92.1 cm³/mol. The van der Waals surface area contributed by atoms with Crippen molar-refractivity contribution in [2.24, 2.45) is 0 Å². The van der Waals surface area contributed by atoms with Crippen LogP contribution in [0.1, 0.15) is 57.1 Å². The zero-order chi connectivity index (χ0) is 17.9. The van der Waals surface area contributed by atoms with Crippen LogP contribution < -0.4 is 0 Å². The molecule has 0 bridgehead atoms. The maximum Gasteiger partial charge on any atom is 0.334 e. The summed E-state index contributed by atoms with van der Waals surface area (Å²) in [6, 6.07) is 8.38. The standard InChI is InChI=1S/C19H27NO4/c1-12(2)15-5-7-16(8-6-15)13(3)9-18(21)20-10-14(4)24-17(11-20)19(22)23/h5-8,12-14,17H,9-11H2,1-4H3,(H,22,23)/t13?,14-,17?/m1/s1. The van der Waals surface area contributed by atoms with Crippen LogP contribution in [0.5, 0.6) is 0 Å². The van der Waals surface area contributed by atoms with E-state index in [2.05, 4.69) is 38.1 Å². The topological polar surface area (TPSA) is 66.8 Å². The van der Waals surface area contributed by atoms with Gasteiger partial charge in [0, 0.05) is 13.0 Å². The molecule has 2 rings (SSSR count). The van der Waals surface area contributed by atoms with Gasteiger partial charge in [0.1, 0.15) is 0 Å². The molecule has 0 saturated carbocycles. The number of hydrogen-bond acceptors (Lipinski definition) is 3. The summed E-state index contributed by atoms with van der Waals surface area (Å²) >= 11 is 0. The van der Waals surface area contributed by atoms with Gasteiger partial charge in [-0.3, -0.25) is 4.79 Å². The number of ether oxygens (including phenoxy) is 1. The molecule has 0 spiro atoms. The largest absolute Gasteiger partial charge is 0.479 e. The minimum atomic E-state index is -1.02. The van der Waals surface area contributed by atoms with Crippen molar-refractivity contribution < 1.29 is 19.4 Å². The van der Waals surface area contributed by atoms with Gasteiger partial charge in [-0.15, -0.1) is 0 Å². The number of benzene rings is 1. The van der Waals surface area contributed by atoms with Gasteiger partial charge in [0.25, 0.3) is 0 Å². The van der Waals surface area contributed by atoms with Gasteiger partial charge in [-0.2, -0.15) is 0 Å². The van der Waals surface area contributed by atoms with E-state index in [1.807, 2.05) is 6.92 Å². The highest BCUT2D eigenvalue weighted by molar-refractivity contribution is 5.79. The molecule has 1 aromatic carbocycles. The van der Waals surface area contributed by atoms with E-state index >= 15 is 0 Å². The molecule has 1 aliphatic heterocycles. The Kier molecular flexibility index (Phi) is 5.99. The van der Waals surface area contributed by atoms with E-state index in [1.165, 1.54) is 5.56 Å². The van der Waals surface area contributed by atoms with Crippen molar-refractivity contribution >= 4 is 11.9 Å². The van der Waals surface area contributed by atoms with Crippen molar-refractivity contribution in [3.05, 3.63) is 35.4 Å². The van der Waals surface area contributed by atoms with E-state index in [0.717, 1.165) is 5.56 Å². The molecule has 1 N–H and O–H groups in total. The second-order valence-electron chi connectivity index (χ2n) is 7.00. The zero-order valence-electron chi connectivity index (χ0n) is 14.9. The van der Waals surface area contributed by atoms with Crippen molar-refractivity contribution in [1.29, 1.82) is 0 Å². The van der Waals surface area contributed by atoms with Crippen LogP contribution in [0.4, 0.5) is 0 Å². The van der Waals surface area contributed by atoms with Crippen molar-refractivity contribution in [3.8, 4) is 0 Å². The van der Waals surface area contributed by atoms with Gasteiger partial charge < -0.3 is 14.7 Å². The maximum atomic E-state index is 12.5. The maximum absolute atomic E-state index is 12.5. The molecular formula is C19H27NO4. The van der Waals surface area contributed by atoms with Crippen molar-refractivity contribution in [2.75, 3.05) is 13.1 Å². The first-order valence-electron chi connectivity index (χ1n) is 8.53. The molecule has 2 unspecified atom stereocenters. The fourth-order valence-corrected chi connectivity index (χ4v) is 3.01. The summed E-state index contributed by atoms with van der Waals surface area (Å²) in [5, 5.41) is 9.12. The van der Waals surface area contributed by atoms with Crippen LogP contribution in [0.2, 0.25) is 0 Å². The number of hydrogen-bond donors (Lipinski definition) is 1. The number of nitrogens with zero attached hydrogens (tertiary/aromatic N) is 1. The third-order valence-electron chi connectivity index (χ3n) is 4.54. The Bertz CT molecular complexity index is 582. The average Bonchev–Trinajstić information content (AvgIpc) is 2.54. The van der Waals surface area contributed by atoms with Crippen molar-refractivity contribution in [1.82, 2.24) is 4.90 Å². The van der Waals surface area contributed by atoms with Crippen LogP contribution in [-0.2, 0) is 14.3 Å². The Morgan fingerprint density at radius 1 is 1.17 bits per heavy atom. The lowest BCUT2D eigenvalue weighted by Gasteiger charge is -2.35. The summed E-state index contributed by atoms with van der Waals surface area (Å²) in [5.74, 6) is -0.451. The number of morpholine rings is 1. The SMILES string of the molecule is CC(C)c1ccc(C(C)CC(=O)N2CC(C(=O)O)O[C@H](C)C2)cc1. The molecule has 1 aliphatic rings. The monoisotopic (exact) mass is 333 g/mol. The average molecular weight is 333 g/mol. The lowest BCUT2D eigenvalue weighted by atomic mass is 9.94. The molecule has 0 radical (unpaired) electrons. The Labute approximate surface area is 143 Å². The summed E-state index contributed by atoms with van der Waals surface area (Å²) in [7, 11) is 0. The molecule has 1 saturated heterocycles. The number of carbonyl (C=O) groups is 2. The Morgan fingerprint density at radius 3 is 2.29 bits per heavy atom. The minimum Gasteiger partial charge on any atom is -0.479 e. The van der Waals surface area contributed by atoms with Gasteiger partial charge in [-0.05, 0) is 29.9 Å². The molecule has 1 heterocycles. The summed E-state index contributed by atoms with van der Waals surface area (Å²) in [6.45, 7) is 8.70. The fourth-order valence-electron chi connectivity index (χ4n) is 3.01. The highest BCUT2D eigenvalue weighted by atomic mass is 16.5. The minimum absolute atomic E-state index is 0.0168. The Morgan fingerprint density at radius 2 is 1.75 bits per heavy atom. The van der Waals surface area contributed by atoms with Gasteiger partial charge in [0.2, 0.25) is 5.91 Å². The van der Waals surface area contributed by atoms with E-state index < -0.39 is 12.1 Å². The van der Waals surface area contributed by atoms with Crippen LogP contribution >= 0.6 is 0 Å². The van der Waals surface area contributed by atoms with Crippen LogP contribution in [0, 0.1) is 0 Å². The molecule has 1 amide bonds. The molecule has 1 fully saturated rings. The second-order valence-corrected chi connectivity index (χ2v) is 7.00. The molecular weight excluding hydrogens is 306 g/mol. The highest BCUT2D eigenvalue weighted by Crippen LogP contribution is 2.24. The number of carboxylic acids is 1. The third kappa shape index (κ3) is 4.57. The summed E-state index contributed by atoms with van der Waals surface area (Å²) in [6.07, 6.45) is -0.817. The lowest BCUT2D eigenvalue weighted by molar-refractivity contribution is -0.166. The van der Waals surface area contributed by atoms with Gasteiger partial charge in [0.15, 0.2) is 6.10 Å². The first-order valence-corrected chi connectivity index (χ1v) is 8.53. The molecule has 0 aromatic heterocycles. The quantitative estimate of drug-likeness (QED) is 0.899. The zero-order valence-corrected chi connectivity index (χ0v) is 14.9. The van der Waals surface area contributed by atoms with E-state index in [-0.39, 0.29) is 24.5 Å². The van der Waals surface area contributed by atoms with Crippen molar-refractivity contribution in [3.63, 3.8) is 0 Å². The van der Waals surface area contributed by atoms with Crippen LogP contribution in [0.3, 0.4) is 0 Å². The molecule has 3 atom stereocenters. The van der Waals surface area contributed by atoms with Crippen LogP contribution in [-0.4, -0.2) is 47.2 Å². The van der Waals surface area contributed by atoms with E-state index in [9.17, 15) is 9.59 Å². The van der Waals surface area contributed by atoms with Crippen molar-refractivity contribution in [2.45, 2.75) is 58.2 Å². The first kappa shape index (κ1) is 18.5. The van der Waals surface area contributed by atoms with Gasteiger partial charge in [-0.25, -0.2) is 4.79 Å². The Hall–Kier alpha value is -1.88. The van der Waals surface area contributed by atoms with E-state index in [0.29, 0.717) is 18.9 Å². The molecule has 5 nitrogen and oxygen atoms in total. The number of rotatable bonds is 5. The number of carboxylic acid groups (broad SMARTS) is 1. The highest BCUT2D eigenvalue weighted by Gasteiger charge is 2.32. The third-order valence-corrected chi connectivity index (χ3v) is 4.54. The number of amides is 1. The summed E-state index contributed by atoms with van der Waals surface area (Å²) in [5.41, 5.74) is 2.41. The van der Waals surface area contributed by atoms with E-state index in [4.69, 9.17) is 9.84 Å². The van der Waals surface area contributed by atoms with Crippen LogP contribution in [0.15, 0.2) is 24.3 Å². The fraction of sp³-hybridized carbons (Fsp3) is 0.579. The number of aliphatic carboxylic acids is 1. The van der Waals surface area contributed by atoms with E-state index in [1.54, 1.807) is 11.8 Å². The summed E-state index contributed by atoms with van der Waals surface area (Å²) in [4.78, 5) is 25.3. The van der Waals surface area contributed by atoms with Crippen LogP contribution in [0.25, 0.3) is 0 Å². The van der Waals surface area contributed by atoms with Gasteiger partial charge in [-0.1, -0.05) is 45.0 Å². The molecule has 5 heteroatoms. The van der Waals surface area contributed by atoms with Gasteiger partial charge >= 0.3 is 5.97 Å². The normalized spacial score (nSPS) is 22.5. The predicted octanol–water partition coefficient (Wildman–Crippen LogP) is 3.00. The first-order chi connectivity index (χ1) is 11.3. The second kappa shape index (κ2) is 7.79.